The molecule has 6 rings (SSSR count). The van der Waals surface area contributed by atoms with Crippen molar-refractivity contribution in [2.24, 2.45) is 26.2 Å². The van der Waals surface area contributed by atoms with E-state index in [-0.39, 0.29) is 104 Å². The van der Waals surface area contributed by atoms with Gasteiger partial charge in [0.2, 0.25) is 20.0 Å². The Hall–Kier alpha value is -5.91. The molecule has 348 valence electrons. The molecule has 0 atom stereocenters. The normalized spacial score (nSPS) is 12.0. The number of nitrogens with two attached hydrogens (primary N) is 1. The van der Waals surface area contributed by atoms with Gasteiger partial charge in [0, 0.05) is 34.7 Å². The molecule has 0 saturated carbocycles. The van der Waals surface area contributed by atoms with Gasteiger partial charge in [-0.15, -0.1) is 20.5 Å². The van der Waals surface area contributed by atoms with Crippen molar-refractivity contribution in [3.05, 3.63) is 97.1 Å². The van der Waals surface area contributed by atoms with Gasteiger partial charge in [0.25, 0.3) is 0 Å². The summed E-state index contributed by atoms with van der Waals surface area (Å²) in [5, 5.41) is 66.0. The minimum Gasteiger partial charge on any atom is -0.506 e. The van der Waals surface area contributed by atoms with Crippen LogP contribution in [0.3, 0.4) is 0 Å². The van der Waals surface area contributed by atoms with Crippen LogP contribution in [0.4, 0.5) is 34.1 Å². The first kappa shape index (κ1) is 53.4. The number of aliphatic hydroxyl groups excluding tert-OH is 1. The number of azo groups is 2. The maximum absolute atomic E-state index is 12.1. The van der Waals surface area contributed by atoms with Gasteiger partial charge in [-0.25, -0.2) is 33.7 Å². The number of rotatable bonds is 13. The van der Waals surface area contributed by atoms with Gasteiger partial charge in [0.15, 0.2) is 19.7 Å². The first-order chi connectivity index (χ1) is 29.9. The number of phenolic OH excluding ortho intramolecular Hbond substituents is 4. The molecule has 20 nitrogen and oxygen atoms in total. The van der Waals surface area contributed by atoms with Crippen LogP contribution < -0.4 is 15.2 Å². The molecule has 0 radical (unpaired) electrons. The summed E-state index contributed by atoms with van der Waals surface area (Å²) in [5.41, 5.74) is 4.84. The van der Waals surface area contributed by atoms with Crippen molar-refractivity contribution >= 4 is 95.4 Å². The second-order valence-corrected chi connectivity index (χ2v) is 21.5. The van der Waals surface area contributed by atoms with E-state index in [1.807, 2.05) is 0 Å². The zero-order valence-electron chi connectivity index (χ0n) is 36.0. The number of fused-ring (bicyclic) bond motifs is 2. The second kappa shape index (κ2) is 22.3. The Kier molecular flexibility index (Phi) is 18.4. The third-order valence-electron chi connectivity index (χ3n) is 8.60. The molecular weight excluding hydrogens is 967 g/mol. The Morgan fingerprint density at radius 1 is 0.538 bits per heavy atom. The van der Waals surface area contributed by atoms with Crippen molar-refractivity contribution < 1.29 is 78.0 Å². The largest absolute Gasteiger partial charge is 1.00 e. The molecule has 0 aliphatic carbocycles. The molecule has 0 fully saturated rings. The van der Waals surface area contributed by atoms with Gasteiger partial charge >= 0.3 is 1.43 Å². The molecule has 0 saturated heterocycles. The number of phenols is 4. The van der Waals surface area contributed by atoms with E-state index in [2.05, 4.69) is 29.9 Å². The van der Waals surface area contributed by atoms with Crippen molar-refractivity contribution in [1.29, 1.82) is 0 Å². The molecule has 0 unspecified atom stereocenters. The minimum atomic E-state index is -3.61. The van der Waals surface area contributed by atoms with E-state index in [0.29, 0.717) is 28.1 Å². The average Bonchev–Trinajstić information content (AvgIpc) is 3.23. The molecule has 0 spiro atoms. The summed E-state index contributed by atoms with van der Waals surface area (Å²) in [6.45, 7) is 3.46. The van der Waals surface area contributed by atoms with Gasteiger partial charge in [-0.3, -0.25) is 9.44 Å². The number of nitrogens with zero attached hydrogens (tertiary/aromatic N) is 4. The van der Waals surface area contributed by atoms with Crippen LogP contribution in [0.5, 0.6) is 23.0 Å². The molecule has 0 aliphatic rings. The van der Waals surface area contributed by atoms with Crippen molar-refractivity contribution in [3.63, 3.8) is 0 Å². The topological polar surface area (TPSA) is 337 Å². The van der Waals surface area contributed by atoms with Crippen LogP contribution in [0.1, 0.15) is 15.3 Å². The van der Waals surface area contributed by atoms with E-state index in [9.17, 15) is 54.1 Å². The van der Waals surface area contributed by atoms with Crippen LogP contribution in [0, 0.1) is 0 Å². The number of nitrogens with one attached hydrogen (secondary N) is 2. The Labute approximate surface area is 387 Å². The Bertz CT molecular complexity index is 3000. The molecule has 0 amide bonds. The van der Waals surface area contributed by atoms with Gasteiger partial charge in [-0.2, -0.15) is 0 Å². The number of benzene rings is 6. The van der Waals surface area contributed by atoms with E-state index in [1.54, 1.807) is 36.4 Å². The van der Waals surface area contributed by atoms with Crippen LogP contribution in [0.25, 0.3) is 21.5 Å². The SMILES string of the molecule is CCS(=O)(=O)c1ccc(O)c(N=Nc2c(O)ccc3cccc(NS(C)(=O)=O)c23)c1.CCS(=O)(=O)c1ccc(O)c(N=Nc2c(O)ccc3cccc(NS(C)(=O)=O)c23)c1.NCCO.[Cr].[H+]. The van der Waals surface area contributed by atoms with Crippen LogP contribution in [-0.2, 0) is 57.1 Å². The molecule has 6 aromatic rings. The van der Waals surface area contributed by atoms with Crippen molar-refractivity contribution in [2.45, 2.75) is 23.6 Å². The maximum atomic E-state index is 12.1. The summed E-state index contributed by atoms with van der Waals surface area (Å²) in [7, 11) is -14.3. The summed E-state index contributed by atoms with van der Waals surface area (Å²) < 4.78 is 99.9. The second-order valence-electron chi connectivity index (χ2n) is 13.4. The summed E-state index contributed by atoms with van der Waals surface area (Å²) in [5.74, 6) is -1.40. The van der Waals surface area contributed by atoms with Gasteiger partial charge < -0.3 is 31.3 Å². The van der Waals surface area contributed by atoms with Crippen LogP contribution in [-0.4, -0.2) is 96.4 Å². The maximum Gasteiger partial charge on any atom is 1.00 e. The number of hydrogen-bond donors (Lipinski definition) is 8. The molecule has 0 bridgehead atoms. The van der Waals surface area contributed by atoms with Crippen molar-refractivity contribution in [1.82, 2.24) is 0 Å². The number of aromatic hydroxyl groups is 4. The van der Waals surface area contributed by atoms with E-state index in [4.69, 9.17) is 10.8 Å². The number of sulfone groups is 2. The number of anilines is 2. The fourth-order valence-corrected chi connectivity index (χ4v) is 8.50. The molecule has 0 aliphatic heterocycles. The van der Waals surface area contributed by atoms with Crippen LogP contribution in [0.2, 0.25) is 0 Å². The van der Waals surface area contributed by atoms with Crippen molar-refractivity contribution in [2.75, 3.05) is 46.6 Å². The third kappa shape index (κ3) is 14.3. The number of sulfonamides is 2. The molecule has 6 aromatic carbocycles. The Balaban J connectivity index is 0.000000408. The fraction of sp³-hybridized carbons (Fsp3) is 0.200. The standard InChI is InChI=1S/2C19H19N3O6S2.C2H7NO.Cr/c2*1-3-30(27,28)13-8-10-16(23)15(11-13)20-21-19-17(24)9-7-12-5-4-6-14(18(12)19)22-29(2,25)26;3-1-2-4;/h2*4-11,22-24H,3H2,1-2H3;4H,1-3H2;/p+1. The first-order valence-corrected chi connectivity index (χ1v) is 25.7. The van der Waals surface area contributed by atoms with Crippen molar-refractivity contribution in [3.8, 4) is 23.0 Å². The third-order valence-corrected chi connectivity index (χ3v) is 13.2. The zero-order chi connectivity index (χ0) is 47.6. The first-order valence-electron chi connectivity index (χ1n) is 18.7. The summed E-state index contributed by atoms with van der Waals surface area (Å²) in [6.07, 6.45) is 1.99. The van der Waals surface area contributed by atoms with E-state index < -0.39 is 39.7 Å². The predicted molar refractivity (Wildman–Crippen MR) is 245 cm³/mol. The summed E-state index contributed by atoms with van der Waals surface area (Å²) in [4.78, 5) is -0.0587. The molecular formula is C40H46CrN7O13S4+. The summed E-state index contributed by atoms with van der Waals surface area (Å²) >= 11 is 0. The number of aliphatic hydroxyl groups is 1. The van der Waals surface area contributed by atoms with E-state index in [0.717, 1.165) is 12.5 Å². The minimum absolute atomic E-state index is 0. The molecule has 25 heteroatoms. The summed E-state index contributed by atoms with van der Waals surface area (Å²) in [6, 6.07) is 22.9. The molecule has 65 heavy (non-hydrogen) atoms. The van der Waals surface area contributed by atoms with E-state index in [1.165, 1.54) is 74.5 Å². The van der Waals surface area contributed by atoms with Gasteiger partial charge in [-0.05, 0) is 71.4 Å². The fourth-order valence-electron chi connectivity index (χ4n) is 5.56. The molecule has 0 aromatic heterocycles. The zero-order valence-corrected chi connectivity index (χ0v) is 39.5. The van der Waals surface area contributed by atoms with Crippen LogP contribution in [0.15, 0.2) is 127 Å². The van der Waals surface area contributed by atoms with Gasteiger partial charge in [0.05, 0.1) is 51.8 Å². The molecule has 0 heterocycles. The smallest absolute Gasteiger partial charge is 0.506 e. The van der Waals surface area contributed by atoms with Gasteiger partial charge in [0.1, 0.15) is 45.7 Å². The van der Waals surface area contributed by atoms with Gasteiger partial charge in [-0.1, -0.05) is 50.2 Å². The quantitative estimate of drug-likeness (QED) is 0.0558. The Morgan fingerprint density at radius 2 is 0.877 bits per heavy atom. The molecule has 9 N–H and O–H groups in total. The average molecular weight is 1010 g/mol. The monoisotopic (exact) mass is 1010 g/mol. The van der Waals surface area contributed by atoms with E-state index >= 15 is 0 Å². The predicted octanol–water partition coefficient (Wildman–Crippen LogP) is 6.71. The Morgan fingerprint density at radius 3 is 1.18 bits per heavy atom. The number of hydrogen-bond acceptors (Lipinski definition) is 18. The van der Waals surface area contributed by atoms with Crippen LogP contribution >= 0.6 is 0 Å².